The summed E-state index contributed by atoms with van der Waals surface area (Å²) in [5, 5.41) is 0.761. The molecule has 1 aromatic heterocycles. The van der Waals surface area contributed by atoms with E-state index in [0.29, 0.717) is 48.8 Å². The topological polar surface area (TPSA) is 89.0 Å². The average Bonchev–Trinajstić information content (AvgIpc) is 3.21. The molecular weight excluding hydrogens is 438 g/mol. The molecule has 0 aliphatic carbocycles. The predicted molar refractivity (Wildman–Crippen MR) is 120 cm³/mol. The number of nitrogens with zero attached hydrogens (tertiary/aromatic N) is 3. The lowest BCUT2D eigenvalue weighted by Crippen LogP contribution is -2.48. The number of sulfone groups is 1. The standard InChI is InChI=1S/C21H23N3O5S2/c1-28-15-7-4-6-14(19(15)29-2)20(25)23-10-12-24(13-11-23)21-22-18-16(30-21)8-5-9-17(18)31(3,26)27/h4-9H,10-13H2,1-3H3. The van der Waals surface area contributed by atoms with Crippen molar-refractivity contribution in [3.05, 3.63) is 42.0 Å². The summed E-state index contributed by atoms with van der Waals surface area (Å²) in [5.74, 6) is 0.833. The van der Waals surface area contributed by atoms with Gasteiger partial charge in [-0.3, -0.25) is 4.79 Å². The Balaban J connectivity index is 1.53. The summed E-state index contributed by atoms with van der Waals surface area (Å²) >= 11 is 1.46. The number of anilines is 1. The maximum atomic E-state index is 13.1. The van der Waals surface area contributed by atoms with Crippen molar-refractivity contribution >= 4 is 42.4 Å². The van der Waals surface area contributed by atoms with E-state index in [1.165, 1.54) is 31.8 Å². The molecule has 2 aromatic carbocycles. The van der Waals surface area contributed by atoms with Crippen LogP contribution in [0.25, 0.3) is 10.2 Å². The van der Waals surface area contributed by atoms with E-state index in [-0.39, 0.29) is 10.8 Å². The molecule has 1 aliphatic rings. The van der Waals surface area contributed by atoms with Crippen LogP contribution in [0.1, 0.15) is 10.4 Å². The maximum absolute atomic E-state index is 13.1. The van der Waals surface area contributed by atoms with Crippen LogP contribution in [0, 0.1) is 0 Å². The van der Waals surface area contributed by atoms with Gasteiger partial charge in [0, 0.05) is 32.4 Å². The first-order chi connectivity index (χ1) is 14.8. The van der Waals surface area contributed by atoms with Gasteiger partial charge in [-0.05, 0) is 24.3 Å². The molecule has 1 fully saturated rings. The average molecular weight is 462 g/mol. The molecule has 4 rings (SSSR count). The Labute approximate surface area is 184 Å². The number of piperazine rings is 1. The molecule has 0 radical (unpaired) electrons. The van der Waals surface area contributed by atoms with E-state index in [1.54, 1.807) is 35.2 Å². The number of fused-ring (bicyclic) bond motifs is 1. The Morgan fingerprint density at radius 1 is 1.03 bits per heavy atom. The van der Waals surface area contributed by atoms with E-state index in [1.807, 2.05) is 6.07 Å². The summed E-state index contributed by atoms with van der Waals surface area (Å²) in [4.78, 5) is 21.8. The third kappa shape index (κ3) is 4.05. The van der Waals surface area contributed by atoms with Gasteiger partial charge in [-0.2, -0.15) is 0 Å². The molecule has 2 heterocycles. The smallest absolute Gasteiger partial charge is 0.257 e. The summed E-state index contributed by atoms with van der Waals surface area (Å²) in [7, 11) is -0.301. The zero-order valence-corrected chi connectivity index (χ0v) is 19.1. The maximum Gasteiger partial charge on any atom is 0.257 e. The van der Waals surface area contributed by atoms with E-state index >= 15 is 0 Å². The van der Waals surface area contributed by atoms with Crippen LogP contribution >= 0.6 is 11.3 Å². The van der Waals surface area contributed by atoms with Crippen molar-refractivity contribution < 1.29 is 22.7 Å². The summed E-state index contributed by atoms with van der Waals surface area (Å²) in [6.07, 6.45) is 1.19. The first kappa shape index (κ1) is 21.4. The number of aromatic nitrogens is 1. The second-order valence-corrected chi connectivity index (χ2v) is 10.2. The molecule has 0 spiro atoms. The lowest BCUT2D eigenvalue weighted by molar-refractivity contribution is 0.0742. The van der Waals surface area contributed by atoms with Crippen molar-refractivity contribution in [2.24, 2.45) is 0 Å². The van der Waals surface area contributed by atoms with E-state index < -0.39 is 9.84 Å². The number of hydrogen-bond acceptors (Lipinski definition) is 8. The van der Waals surface area contributed by atoms with Gasteiger partial charge < -0.3 is 19.3 Å². The van der Waals surface area contributed by atoms with Gasteiger partial charge >= 0.3 is 0 Å². The first-order valence-electron chi connectivity index (χ1n) is 9.68. The number of rotatable bonds is 5. The van der Waals surface area contributed by atoms with Crippen molar-refractivity contribution in [1.29, 1.82) is 0 Å². The SMILES string of the molecule is COc1cccc(C(=O)N2CCN(c3nc4c(S(C)(=O)=O)cccc4s3)CC2)c1OC. The van der Waals surface area contributed by atoms with Crippen molar-refractivity contribution in [3.63, 3.8) is 0 Å². The first-order valence-corrected chi connectivity index (χ1v) is 12.4. The minimum atomic E-state index is -3.36. The minimum absolute atomic E-state index is 0.112. The third-order valence-corrected chi connectivity index (χ3v) is 7.45. The van der Waals surface area contributed by atoms with Crippen LogP contribution in [0.15, 0.2) is 41.3 Å². The summed E-state index contributed by atoms with van der Waals surface area (Å²) in [5.41, 5.74) is 0.970. The number of benzene rings is 2. The molecule has 0 bridgehead atoms. The number of ether oxygens (including phenoxy) is 2. The minimum Gasteiger partial charge on any atom is -0.493 e. The Kier molecular flexibility index (Phi) is 5.76. The quantitative estimate of drug-likeness (QED) is 0.577. The van der Waals surface area contributed by atoms with Crippen LogP contribution in [-0.2, 0) is 9.84 Å². The zero-order valence-electron chi connectivity index (χ0n) is 17.5. The monoisotopic (exact) mass is 461 g/mol. The number of hydrogen-bond donors (Lipinski definition) is 0. The van der Waals surface area contributed by atoms with Gasteiger partial charge in [0.25, 0.3) is 5.91 Å². The van der Waals surface area contributed by atoms with Crippen LogP contribution in [0.2, 0.25) is 0 Å². The highest BCUT2D eigenvalue weighted by Crippen LogP contribution is 2.34. The number of amides is 1. The highest BCUT2D eigenvalue weighted by Gasteiger charge is 2.27. The molecule has 0 saturated carbocycles. The van der Waals surface area contributed by atoms with Crippen molar-refractivity contribution in [2.45, 2.75) is 4.90 Å². The summed E-state index contributed by atoms with van der Waals surface area (Å²) in [6.45, 7) is 2.25. The molecule has 8 nitrogen and oxygen atoms in total. The van der Waals surface area contributed by atoms with Crippen molar-refractivity contribution in [2.75, 3.05) is 51.6 Å². The van der Waals surface area contributed by atoms with E-state index in [4.69, 9.17) is 9.47 Å². The Morgan fingerprint density at radius 2 is 1.74 bits per heavy atom. The van der Waals surface area contributed by atoms with Crippen LogP contribution in [0.3, 0.4) is 0 Å². The van der Waals surface area contributed by atoms with Crippen LogP contribution in [0.4, 0.5) is 5.13 Å². The second kappa shape index (κ2) is 8.35. The zero-order chi connectivity index (χ0) is 22.2. The fourth-order valence-electron chi connectivity index (χ4n) is 3.67. The van der Waals surface area contributed by atoms with Gasteiger partial charge in [-0.25, -0.2) is 13.4 Å². The molecule has 10 heteroatoms. The molecule has 3 aromatic rings. The van der Waals surface area contributed by atoms with Gasteiger partial charge in [0.2, 0.25) is 0 Å². The Hall–Kier alpha value is -2.85. The molecule has 0 N–H and O–H groups in total. The number of para-hydroxylation sites is 2. The summed E-state index contributed by atoms with van der Waals surface area (Å²) < 4.78 is 35.7. The largest absolute Gasteiger partial charge is 0.493 e. The lowest BCUT2D eigenvalue weighted by atomic mass is 10.1. The molecule has 1 amide bonds. The molecular formula is C21H23N3O5S2. The molecule has 164 valence electrons. The summed E-state index contributed by atoms with van der Waals surface area (Å²) in [6, 6.07) is 10.4. The van der Waals surface area contributed by atoms with Gasteiger partial charge in [0.05, 0.1) is 29.4 Å². The van der Waals surface area contributed by atoms with Crippen molar-refractivity contribution in [3.8, 4) is 11.5 Å². The Bertz CT molecular complexity index is 1230. The fourth-order valence-corrected chi connectivity index (χ4v) is 5.61. The molecule has 0 atom stereocenters. The van der Waals surface area contributed by atoms with Crippen LogP contribution < -0.4 is 14.4 Å². The number of methoxy groups -OCH3 is 2. The van der Waals surface area contributed by atoms with Gasteiger partial charge in [-0.15, -0.1) is 0 Å². The van der Waals surface area contributed by atoms with Gasteiger partial charge in [-0.1, -0.05) is 23.5 Å². The number of thiazole rings is 1. The van der Waals surface area contributed by atoms with Gasteiger partial charge in [0.15, 0.2) is 26.5 Å². The van der Waals surface area contributed by atoms with Crippen LogP contribution in [0.5, 0.6) is 11.5 Å². The Morgan fingerprint density at radius 3 is 2.39 bits per heavy atom. The normalized spacial score (nSPS) is 14.7. The van der Waals surface area contributed by atoms with E-state index in [9.17, 15) is 13.2 Å². The highest BCUT2D eigenvalue weighted by atomic mass is 32.2. The van der Waals surface area contributed by atoms with Gasteiger partial charge in [0.1, 0.15) is 5.52 Å². The van der Waals surface area contributed by atoms with Crippen LogP contribution in [-0.4, -0.2) is 70.9 Å². The van der Waals surface area contributed by atoms with E-state index in [0.717, 1.165) is 9.83 Å². The van der Waals surface area contributed by atoms with Crippen molar-refractivity contribution in [1.82, 2.24) is 9.88 Å². The molecule has 1 saturated heterocycles. The highest BCUT2D eigenvalue weighted by molar-refractivity contribution is 7.91. The molecule has 0 unspecified atom stereocenters. The second-order valence-electron chi connectivity index (χ2n) is 7.19. The molecule has 1 aliphatic heterocycles. The molecule has 31 heavy (non-hydrogen) atoms. The van der Waals surface area contributed by atoms with E-state index in [2.05, 4.69) is 9.88 Å². The predicted octanol–water partition coefficient (Wildman–Crippen LogP) is 2.68. The fraction of sp³-hybridized carbons (Fsp3) is 0.333. The lowest BCUT2D eigenvalue weighted by Gasteiger charge is -2.34. The number of carbonyl (C=O) groups is 1. The third-order valence-electron chi connectivity index (χ3n) is 5.24. The number of carbonyl (C=O) groups excluding carboxylic acids is 1.